The van der Waals surface area contributed by atoms with Crippen molar-refractivity contribution in [3.8, 4) is 0 Å². The largest absolute Gasteiger partial charge is 0.388 e. The minimum absolute atomic E-state index is 0.00202. The average molecular weight is 348 g/mol. The number of allylic oxidation sites excluding steroid dienone is 3. The van der Waals surface area contributed by atoms with E-state index in [-0.39, 0.29) is 16.8 Å². The topological polar surface area (TPSA) is 106 Å². The lowest BCUT2D eigenvalue weighted by molar-refractivity contribution is -0.111. The lowest BCUT2D eigenvalue weighted by Crippen LogP contribution is -2.22. The van der Waals surface area contributed by atoms with E-state index in [2.05, 4.69) is 10.6 Å². The molecule has 0 aliphatic heterocycles. The molecule has 1 rings (SSSR count). The molecule has 0 fully saturated rings. The maximum atomic E-state index is 14.1. The zero-order valence-corrected chi connectivity index (χ0v) is 13.7. The van der Waals surface area contributed by atoms with Crippen LogP contribution in [0.2, 0.25) is 0 Å². The van der Waals surface area contributed by atoms with Crippen LogP contribution < -0.4 is 10.6 Å². The number of halogens is 2. The van der Waals surface area contributed by atoms with E-state index in [0.717, 1.165) is 18.3 Å². The van der Waals surface area contributed by atoms with Crippen LogP contribution >= 0.6 is 0 Å². The number of aldehydes is 1. The quantitative estimate of drug-likeness (QED) is 0.313. The van der Waals surface area contributed by atoms with Crippen molar-refractivity contribution in [2.45, 2.75) is 13.8 Å². The molecule has 0 atom stereocenters. The van der Waals surface area contributed by atoms with Crippen molar-refractivity contribution in [1.29, 1.82) is 10.8 Å². The van der Waals surface area contributed by atoms with E-state index in [9.17, 15) is 18.4 Å². The summed E-state index contributed by atoms with van der Waals surface area (Å²) >= 11 is 0. The molecular weight excluding hydrogens is 330 g/mol. The number of anilines is 1. The van der Waals surface area contributed by atoms with Crippen LogP contribution in [0.5, 0.6) is 0 Å². The molecule has 1 aromatic rings. The monoisotopic (exact) mass is 348 g/mol. The Balaban J connectivity index is 3.40. The highest BCUT2D eigenvalue weighted by Gasteiger charge is 2.21. The Hall–Kier alpha value is -3.16. The summed E-state index contributed by atoms with van der Waals surface area (Å²) in [6.07, 6.45) is 1.45. The summed E-state index contributed by atoms with van der Waals surface area (Å²) in [5, 5.41) is 19.7. The smallest absolute Gasteiger partial charge is 0.215 e. The molecule has 0 aliphatic carbocycles. The van der Waals surface area contributed by atoms with Gasteiger partial charge < -0.3 is 21.5 Å². The van der Waals surface area contributed by atoms with Crippen LogP contribution in [-0.2, 0) is 4.79 Å². The first-order valence-corrected chi connectivity index (χ1v) is 7.31. The van der Waals surface area contributed by atoms with Gasteiger partial charge in [-0.2, -0.15) is 0 Å². The van der Waals surface area contributed by atoms with Crippen LogP contribution in [0.3, 0.4) is 0 Å². The van der Waals surface area contributed by atoms with Crippen LogP contribution in [0.1, 0.15) is 24.2 Å². The van der Waals surface area contributed by atoms with Gasteiger partial charge in [0, 0.05) is 29.7 Å². The number of hydrogen-bond acceptors (Lipinski definition) is 6. The first-order valence-electron chi connectivity index (χ1n) is 7.31. The molecule has 25 heavy (non-hydrogen) atoms. The Morgan fingerprint density at radius 2 is 1.96 bits per heavy atom. The van der Waals surface area contributed by atoms with E-state index in [1.54, 1.807) is 13.8 Å². The Kier molecular flexibility index (Phi) is 7.33. The number of rotatable bonds is 9. The molecule has 0 bridgehead atoms. The summed E-state index contributed by atoms with van der Waals surface area (Å²) in [5.41, 5.74) is -0.500. The first-order chi connectivity index (χ1) is 11.9. The zero-order chi connectivity index (χ0) is 19.0. The molecule has 0 radical (unpaired) electrons. The number of Topliss-reactive ketones (excluding diaryl/α,β-unsaturated/α-hetero) is 1. The summed E-state index contributed by atoms with van der Waals surface area (Å²) in [6.45, 7) is 3.83. The predicted molar refractivity (Wildman–Crippen MR) is 92.5 cm³/mol. The summed E-state index contributed by atoms with van der Waals surface area (Å²) in [5.74, 6) is -2.73. The number of carbonyl (C=O) groups excluding carboxylic acids is 2. The third-order valence-electron chi connectivity index (χ3n) is 3.23. The Labute approximate surface area is 143 Å². The Morgan fingerprint density at radius 3 is 2.48 bits per heavy atom. The van der Waals surface area contributed by atoms with Gasteiger partial charge in [-0.3, -0.25) is 9.59 Å². The molecule has 4 N–H and O–H groups in total. The molecule has 0 amide bonds. The van der Waals surface area contributed by atoms with Gasteiger partial charge in [0.1, 0.15) is 11.5 Å². The molecule has 6 nitrogen and oxygen atoms in total. The van der Waals surface area contributed by atoms with E-state index in [1.807, 2.05) is 0 Å². The van der Waals surface area contributed by atoms with Crippen LogP contribution in [-0.4, -0.2) is 31.0 Å². The summed E-state index contributed by atoms with van der Waals surface area (Å²) in [7, 11) is 0. The normalized spacial score (nSPS) is 12.5. The molecule has 0 aliphatic rings. The van der Waals surface area contributed by atoms with Crippen molar-refractivity contribution in [3.05, 3.63) is 52.4 Å². The number of nitrogens with one attached hydrogen (secondary N) is 4. The van der Waals surface area contributed by atoms with E-state index in [1.165, 1.54) is 6.07 Å². The molecule has 0 aromatic heterocycles. The van der Waals surface area contributed by atoms with Crippen LogP contribution in [0, 0.1) is 16.6 Å². The molecule has 8 heteroatoms. The SMILES string of the molecule is CCN/C(C)=C(\C=N)C(=O)/C(Nc1ccc(F)cc1C=O)=C(\F)C=N. The molecule has 1 aromatic carbocycles. The van der Waals surface area contributed by atoms with Gasteiger partial charge >= 0.3 is 0 Å². The van der Waals surface area contributed by atoms with Crippen molar-refractivity contribution in [2.75, 3.05) is 11.9 Å². The van der Waals surface area contributed by atoms with Crippen molar-refractivity contribution >= 4 is 30.2 Å². The fourth-order valence-electron chi connectivity index (χ4n) is 2.02. The maximum Gasteiger partial charge on any atom is 0.215 e. The van der Waals surface area contributed by atoms with Gasteiger partial charge in [-0.25, -0.2) is 8.78 Å². The van der Waals surface area contributed by atoms with E-state index in [4.69, 9.17) is 10.8 Å². The van der Waals surface area contributed by atoms with Gasteiger partial charge in [0.25, 0.3) is 0 Å². The molecule has 0 heterocycles. The number of benzene rings is 1. The van der Waals surface area contributed by atoms with Crippen molar-refractivity contribution in [3.63, 3.8) is 0 Å². The lowest BCUT2D eigenvalue weighted by Gasteiger charge is -2.14. The average Bonchev–Trinajstić information content (AvgIpc) is 2.60. The first kappa shape index (κ1) is 19.9. The summed E-state index contributed by atoms with van der Waals surface area (Å²) < 4.78 is 27.3. The van der Waals surface area contributed by atoms with Gasteiger partial charge in [0.05, 0.1) is 11.8 Å². The van der Waals surface area contributed by atoms with Gasteiger partial charge in [-0.15, -0.1) is 0 Å². The second-order valence-corrected chi connectivity index (χ2v) is 4.88. The second kappa shape index (κ2) is 9.21. The number of hydrogen-bond donors (Lipinski definition) is 4. The van der Waals surface area contributed by atoms with Gasteiger partial charge in [-0.1, -0.05) is 0 Å². The van der Waals surface area contributed by atoms with Gasteiger partial charge in [0.15, 0.2) is 12.1 Å². The second-order valence-electron chi connectivity index (χ2n) is 4.88. The van der Waals surface area contributed by atoms with Crippen LogP contribution in [0.4, 0.5) is 14.5 Å². The molecule has 0 saturated carbocycles. The van der Waals surface area contributed by atoms with Crippen LogP contribution in [0.25, 0.3) is 0 Å². The highest BCUT2D eigenvalue weighted by molar-refractivity contribution is 6.23. The molecular formula is C17H18F2N4O2. The van der Waals surface area contributed by atoms with Crippen molar-refractivity contribution in [1.82, 2.24) is 5.32 Å². The predicted octanol–water partition coefficient (Wildman–Crippen LogP) is 2.98. The Bertz CT molecular complexity index is 770. The maximum absolute atomic E-state index is 14.1. The third kappa shape index (κ3) is 4.90. The van der Waals surface area contributed by atoms with E-state index >= 15 is 0 Å². The fourth-order valence-corrected chi connectivity index (χ4v) is 2.02. The summed E-state index contributed by atoms with van der Waals surface area (Å²) in [4.78, 5) is 23.6. The van der Waals surface area contributed by atoms with E-state index in [0.29, 0.717) is 24.7 Å². The minimum Gasteiger partial charge on any atom is -0.388 e. The lowest BCUT2D eigenvalue weighted by atomic mass is 10.1. The Morgan fingerprint density at radius 1 is 1.28 bits per heavy atom. The van der Waals surface area contributed by atoms with Gasteiger partial charge in [-0.05, 0) is 32.0 Å². The van der Waals surface area contributed by atoms with Crippen LogP contribution in [0.15, 0.2) is 41.0 Å². The van der Waals surface area contributed by atoms with Crippen molar-refractivity contribution in [2.24, 2.45) is 0 Å². The van der Waals surface area contributed by atoms with Crippen molar-refractivity contribution < 1.29 is 18.4 Å². The highest BCUT2D eigenvalue weighted by atomic mass is 19.1. The molecule has 0 spiro atoms. The molecule has 132 valence electrons. The van der Waals surface area contributed by atoms with E-state index < -0.39 is 23.1 Å². The summed E-state index contributed by atoms with van der Waals surface area (Å²) in [6, 6.07) is 3.14. The third-order valence-corrected chi connectivity index (χ3v) is 3.23. The molecule has 0 saturated heterocycles. The minimum atomic E-state index is -1.19. The standard InChI is InChI=1S/C17H18F2N4O2/c1-3-22-10(2)13(7-20)17(25)16(14(19)8-21)23-15-5-4-12(18)6-11(15)9-24/h4-9,20-23H,3H2,1-2H3/b13-10+,16-14+,20-7?,21-8?. The zero-order valence-electron chi connectivity index (χ0n) is 13.7. The number of ketones is 1. The highest BCUT2D eigenvalue weighted by Crippen LogP contribution is 2.21. The number of carbonyl (C=O) groups is 2. The molecule has 0 unspecified atom stereocenters. The fraction of sp³-hybridized carbons (Fsp3) is 0.176. The van der Waals surface area contributed by atoms with Gasteiger partial charge in [0.2, 0.25) is 5.78 Å².